The predicted molar refractivity (Wildman–Crippen MR) is 161 cm³/mol. The lowest BCUT2D eigenvalue weighted by Crippen LogP contribution is -2.63. The Kier molecular flexibility index (Phi) is 10.1. The molecule has 5 rings (SSSR count). The number of likely N-dealkylation sites (tertiary alicyclic amines) is 1. The maximum Gasteiger partial charge on any atom is 0.497 e. The van der Waals surface area contributed by atoms with Crippen LogP contribution in [0, 0.1) is 17.6 Å². The minimum absolute atomic E-state index is 0.104. The molecule has 2 N–H and O–H groups in total. The van der Waals surface area contributed by atoms with Gasteiger partial charge in [-0.2, -0.15) is 13.2 Å². The van der Waals surface area contributed by atoms with Crippen LogP contribution in [-0.4, -0.2) is 54.3 Å². The van der Waals surface area contributed by atoms with Crippen molar-refractivity contribution in [2.75, 3.05) is 19.6 Å². The van der Waals surface area contributed by atoms with Crippen molar-refractivity contribution in [1.29, 1.82) is 0 Å². The molecule has 2 fully saturated rings. The Labute approximate surface area is 270 Å². The lowest BCUT2D eigenvalue weighted by atomic mass is 9.73. The van der Waals surface area contributed by atoms with Crippen LogP contribution in [0.5, 0.6) is 0 Å². The Morgan fingerprint density at radius 3 is 1.93 bits per heavy atom. The van der Waals surface area contributed by atoms with Crippen LogP contribution in [0.4, 0.5) is 22.0 Å². The molecule has 2 aliphatic rings. The molecule has 1 heterocycles. The fourth-order valence-electron chi connectivity index (χ4n) is 6.17. The number of alkyl halides is 3. The van der Waals surface area contributed by atoms with Gasteiger partial charge in [0.2, 0.25) is 5.91 Å². The van der Waals surface area contributed by atoms with E-state index in [0.29, 0.717) is 36.8 Å². The summed E-state index contributed by atoms with van der Waals surface area (Å²) in [6.07, 6.45) is -3.50. The number of nitrogens with one attached hydrogen (secondary N) is 2. The van der Waals surface area contributed by atoms with E-state index < -0.39 is 58.9 Å². The number of carbonyl (C=O) groups is 3. The SMILES string of the molecule is O=C(C[N+]1(OC(=O)C(F)(F)F)CCC1)N[C@@H]1CC[C@@H](C(=O)NC(c2ccc(F)cc2)c2ccc(F)cc2)[C@H](c2ccc(Br)cc2)C1. The topological polar surface area (TPSA) is 84.5 Å². The van der Waals surface area contributed by atoms with Gasteiger partial charge in [0, 0.05) is 16.4 Å². The molecule has 3 atom stereocenters. The van der Waals surface area contributed by atoms with E-state index in [1.165, 1.54) is 24.3 Å². The van der Waals surface area contributed by atoms with Gasteiger partial charge in [-0.3, -0.25) is 14.4 Å². The van der Waals surface area contributed by atoms with Gasteiger partial charge in [-0.25, -0.2) is 13.6 Å². The van der Waals surface area contributed by atoms with E-state index in [2.05, 4.69) is 31.4 Å². The van der Waals surface area contributed by atoms with Gasteiger partial charge in [0.15, 0.2) is 6.54 Å². The van der Waals surface area contributed by atoms with E-state index in [4.69, 9.17) is 0 Å². The summed E-state index contributed by atoms with van der Waals surface area (Å²) in [5.74, 6) is -4.91. The number of hydroxylamine groups is 3. The highest BCUT2D eigenvalue weighted by atomic mass is 79.9. The zero-order valence-electron chi connectivity index (χ0n) is 24.5. The van der Waals surface area contributed by atoms with Crippen LogP contribution in [0.2, 0.25) is 0 Å². The molecule has 1 saturated carbocycles. The number of quaternary nitrogens is 1. The highest BCUT2D eigenvalue weighted by molar-refractivity contribution is 9.10. The number of benzene rings is 3. The van der Waals surface area contributed by atoms with E-state index >= 15 is 0 Å². The molecule has 0 bridgehead atoms. The van der Waals surface area contributed by atoms with Crippen LogP contribution in [-0.2, 0) is 19.2 Å². The number of rotatable bonds is 9. The van der Waals surface area contributed by atoms with Gasteiger partial charge in [0.05, 0.1) is 12.5 Å². The van der Waals surface area contributed by atoms with Gasteiger partial charge in [0.1, 0.15) is 24.7 Å². The van der Waals surface area contributed by atoms with Gasteiger partial charge in [-0.1, -0.05) is 52.3 Å². The smallest absolute Gasteiger partial charge is 0.348 e. The molecule has 1 aliphatic heterocycles. The summed E-state index contributed by atoms with van der Waals surface area (Å²) in [6.45, 7) is -0.234. The number of nitrogens with zero attached hydrogens (tertiary/aromatic N) is 1. The van der Waals surface area contributed by atoms with E-state index in [1.54, 1.807) is 24.3 Å². The van der Waals surface area contributed by atoms with Crippen LogP contribution in [0.15, 0.2) is 77.3 Å². The van der Waals surface area contributed by atoms with Gasteiger partial charge in [-0.15, -0.1) is 4.65 Å². The first-order valence-electron chi connectivity index (χ1n) is 14.8. The van der Waals surface area contributed by atoms with Crippen LogP contribution in [0.1, 0.15) is 54.3 Å². The highest BCUT2D eigenvalue weighted by Gasteiger charge is 2.51. The molecule has 13 heteroatoms. The third-order valence-corrected chi connectivity index (χ3v) is 9.14. The second-order valence-corrected chi connectivity index (χ2v) is 12.7. The van der Waals surface area contributed by atoms with Gasteiger partial charge in [-0.05, 0) is 78.3 Å². The number of hydrogen-bond donors (Lipinski definition) is 2. The Morgan fingerprint density at radius 2 is 1.43 bits per heavy atom. The van der Waals surface area contributed by atoms with Crippen molar-refractivity contribution < 1.29 is 45.8 Å². The molecular weight excluding hydrogens is 677 g/mol. The van der Waals surface area contributed by atoms with Crippen molar-refractivity contribution in [1.82, 2.24) is 10.6 Å². The largest absolute Gasteiger partial charge is 0.497 e. The molecule has 46 heavy (non-hydrogen) atoms. The van der Waals surface area contributed by atoms with Crippen LogP contribution < -0.4 is 10.6 Å². The van der Waals surface area contributed by atoms with E-state index in [0.717, 1.165) is 10.0 Å². The van der Waals surface area contributed by atoms with Gasteiger partial charge < -0.3 is 10.6 Å². The summed E-state index contributed by atoms with van der Waals surface area (Å²) in [5.41, 5.74) is 2.07. The average molecular weight is 710 g/mol. The summed E-state index contributed by atoms with van der Waals surface area (Å²) >= 11 is 3.42. The lowest BCUT2D eigenvalue weighted by Gasteiger charge is -2.41. The van der Waals surface area contributed by atoms with Gasteiger partial charge >= 0.3 is 12.1 Å². The fraction of sp³-hybridized carbons (Fsp3) is 0.364. The second-order valence-electron chi connectivity index (χ2n) is 11.8. The zero-order chi connectivity index (χ0) is 33.1. The molecule has 1 saturated heterocycles. The summed E-state index contributed by atoms with van der Waals surface area (Å²) in [5, 5.41) is 5.97. The summed E-state index contributed by atoms with van der Waals surface area (Å²) in [6, 6.07) is 17.7. The van der Waals surface area contributed by atoms with Crippen molar-refractivity contribution in [3.8, 4) is 0 Å². The van der Waals surface area contributed by atoms with Crippen molar-refractivity contribution in [2.24, 2.45) is 5.92 Å². The van der Waals surface area contributed by atoms with E-state index in [1.807, 2.05) is 24.3 Å². The molecule has 244 valence electrons. The Hall–Kier alpha value is -3.84. The molecule has 0 unspecified atom stereocenters. The predicted octanol–water partition coefficient (Wildman–Crippen LogP) is 6.24. The first-order chi connectivity index (χ1) is 21.8. The summed E-state index contributed by atoms with van der Waals surface area (Å²) in [4.78, 5) is 43.2. The van der Waals surface area contributed by atoms with Crippen LogP contribution in [0.25, 0.3) is 0 Å². The molecule has 3 aromatic rings. The first-order valence-corrected chi connectivity index (χ1v) is 15.6. The standard InChI is InChI=1S/C33H31BrF5N3O4/c34-23-8-2-20(3-9-23)28-18-26(40-29(43)19-42(16-1-17-42)46-32(45)33(37,38)39)14-15-27(28)31(44)41-30(21-4-10-24(35)11-5-21)22-6-12-25(36)13-7-22/h2-13,26-28,30H,1,14-19H2,(H-,40,41,43,44)/p+1/t26-,27-,28+/m1/s1. The number of carbonyl (C=O) groups excluding carboxylic acids is 3. The normalized spacial score (nSPS) is 20.8. The molecule has 0 spiro atoms. The molecule has 0 aromatic heterocycles. The molecular formula is C33H32BrF5N3O4+. The molecule has 3 aromatic carbocycles. The minimum Gasteiger partial charge on any atom is -0.348 e. The molecule has 0 radical (unpaired) electrons. The average Bonchev–Trinajstić information content (AvgIpc) is 2.99. The molecule has 2 amide bonds. The number of halogens is 6. The third kappa shape index (κ3) is 8.11. The first kappa shape index (κ1) is 33.5. The van der Waals surface area contributed by atoms with Crippen molar-refractivity contribution in [2.45, 2.75) is 49.9 Å². The monoisotopic (exact) mass is 708 g/mol. The second kappa shape index (κ2) is 13.9. The van der Waals surface area contributed by atoms with Crippen LogP contribution in [0.3, 0.4) is 0 Å². The lowest BCUT2D eigenvalue weighted by molar-refractivity contribution is -1.11. The minimum atomic E-state index is -5.17. The Balaban J connectivity index is 1.33. The summed E-state index contributed by atoms with van der Waals surface area (Å²) in [7, 11) is 0. The zero-order valence-corrected chi connectivity index (χ0v) is 26.1. The third-order valence-electron chi connectivity index (χ3n) is 8.61. The quantitative estimate of drug-likeness (QED) is 0.204. The van der Waals surface area contributed by atoms with Gasteiger partial charge in [0.25, 0.3) is 5.91 Å². The number of hydrogen-bond acceptors (Lipinski definition) is 4. The fourth-order valence-corrected chi connectivity index (χ4v) is 6.43. The number of amides is 2. The summed E-state index contributed by atoms with van der Waals surface area (Å²) < 4.78 is 66.1. The van der Waals surface area contributed by atoms with E-state index in [9.17, 15) is 36.3 Å². The maximum absolute atomic E-state index is 14.0. The molecule has 1 aliphatic carbocycles. The highest BCUT2D eigenvalue weighted by Crippen LogP contribution is 2.39. The Morgan fingerprint density at radius 1 is 0.870 bits per heavy atom. The maximum atomic E-state index is 14.0. The van der Waals surface area contributed by atoms with Crippen molar-refractivity contribution >= 4 is 33.7 Å². The van der Waals surface area contributed by atoms with Crippen molar-refractivity contribution in [3.63, 3.8) is 0 Å². The molecule has 7 nitrogen and oxygen atoms in total. The van der Waals surface area contributed by atoms with E-state index in [-0.39, 0.29) is 24.9 Å². The van der Waals surface area contributed by atoms with Crippen molar-refractivity contribution in [3.05, 3.63) is 106 Å². The Bertz CT molecular complexity index is 1500. The van der Waals surface area contributed by atoms with Crippen LogP contribution >= 0.6 is 15.9 Å².